The van der Waals surface area contributed by atoms with Crippen LogP contribution in [-0.2, 0) is 4.79 Å². The average molecular weight is 373 g/mol. The van der Waals surface area contributed by atoms with Crippen molar-refractivity contribution in [1.29, 1.82) is 5.26 Å². The molecule has 0 aromatic heterocycles. The number of nitriles is 1. The normalized spacial score (nSPS) is 9.74. The molecule has 1 amide bonds. The van der Waals surface area contributed by atoms with Gasteiger partial charge in [0.05, 0.1) is 18.1 Å². The third-order valence-corrected chi connectivity index (χ3v) is 3.46. The maximum atomic E-state index is 11.9. The van der Waals surface area contributed by atoms with Crippen molar-refractivity contribution in [2.24, 2.45) is 0 Å². The first-order valence-electron chi connectivity index (χ1n) is 6.83. The highest BCUT2D eigenvalue weighted by Crippen LogP contribution is 2.12. The largest absolute Gasteiger partial charge is 0.426 e. The molecule has 5 nitrogen and oxygen atoms in total. The Kier molecular flexibility index (Phi) is 5.89. The lowest BCUT2D eigenvalue weighted by atomic mass is 10.2. The summed E-state index contributed by atoms with van der Waals surface area (Å²) >= 11 is 3.30. The molecule has 0 aliphatic heterocycles. The number of esters is 1. The molecule has 0 saturated heterocycles. The molecule has 0 radical (unpaired) electrons. The number of halogens is 1. The monoisotopic (exact) mass is 372 g/mol. The molecule has 0 aliphatic rings. The molecular formula is C17H13BrN2O3. The number of rotatable bonds is 5. The Labute approximate surface area is 142 Å². The lowest BCUT2D eigenvalue weighted by Crippen LogP contribution is -2.27. The first-order valence-corrected chi connectivity index (χ1v) is 7.62. The molecule has 0 spiro atoms. The van der Waals surface area contributed by atoms with Crippen molar-refractivity contribution in [3.05, 3.63) is 64.1 Å². The van der Waals surface area contributed by atoms with Crippen LogP contribution in [0.15, 0.2) is 53.0 Å². The van der Waals surface area contributed by atoms with Crippen molar-refractivity contribution >= 4 is 27.8 Å². The molecule has 0 fully saturated rings. The molecule has 6 heteroatoms. The number of ether oxygens (including phenoxy) is 1. The molecular weight excluding hydrogens is 360 g/mol. The summed E-state index contributed by atoms with van der Waals surface area (Å²) in [4.78, 5) is 23.5. The summed E-state index contributed by atoms with van der Waals surface area (Å²) in [5.74, 6) is -0.331. The molecule has 1 N–H and O–H groups in total. The minimum atomic E-state index is -0.453. The maximum Gasteiger partial charge on any atom is 0.312 e. The van der Waals surface area contributed by atoms with Crippen LogP contribution in [0.5, 0.6) is 5.75 Å². The zero-order valence-electron chi connectivity index (χ0n) is 12.1. The highest BCUT2D eigenvalue weighted by molar-refractivity contribution is 9.10. The van der Waals surface area contributed by atoms with E-state index < -0.39 is 5.97 Å². The van der Waals surface area contributed by atoms with Crippen LogP contribution in [0, 0.1) is 11.3 Å². The van der Waals surface area contributed by atoms with Crippen LogP contribution in [0.3, 0.4) is 0 Å². The fourth-order valence-electron chi connectivity index (χ4n) is 1.76. The summed E-state index contributed by atoms with van der Waals surface area (Å²) in [6, 6.07) is 15.1. The van der Waals surface area contributed by atoms with Gasteiger partial charge in [-0.2, -0.15) is 5.26 Å². The summed E-state index contributed by atoms with van der Waals surface area (Å²) in [6.07, 6.45) is 0.0578. The van der Waals surface area contributed by atoms with Gasteiger partial charge >= 0.3 is 5.97 Å². The van der Waals surface area contributed by atoms with E-state index in [0.717, 1.165) is 4.47 Å². The zero-order valence-corrected chi connectivity index (χ0v) is 13.7. The highest BCUT2D eigenvalue weighted by atomic mass is 79.9. The van der Waals surface area contributed by atoms with Gasteiger partial charge in [-0.25, -0.2) is 0 Å². The maximum absolute atomic E-state index is 11.9. The Balaban J connectivity index is 1.77. The molecule has 0 unspecified atom stereocenters. The Morgan fingerprint density at radius 1 is 1.09 bits per heavy atom. The third-order valence-electron chi connectivity index (χ3n) is 2.94. The van der Waals surface area contributed by atoms with Gasteiger partial charge in [0, 0.05) is 16.6 Å². The number of amides is 1. The van der Waals surface area contributed by atoms with Crippen molar-refractivity contribution in [1.82, 2.24) is 5.32 Å². The van der Waals surface area contributed by atoms with Crippen LogP contribution < -0.4 is 10.1 Å². The van der Waals surface area contributed by atoms with Crippen LogP contribution in [0.4, 0.5) is 0 Å². The molecule has 23 heavy (non-hydrogen) atoms. The summed E-state index contributed by atoms with van der Waals surface area (Å²) < 4.78 is 6.00. The first-order chi connectivity index (χ1) is 11.1. The van der Waals surface area contributed by atoms with E-state index in [4.69, 9.17) is 10.00 Å². The van der Waals surface area contributed by atoms with E-state index in [1.54, 1.807) is 48.5 Å². The molecule has 116 valence electrons. The number of nitrogens with one attached hydrogen (secondary N) is 1. The number of benzene rings is 2. The van der Waals surface area contributed by atoms with E-state index in [9.17, 15) is 9.59 Å². The van der Waals surface area contributed by atoms with Gasteiger partial charge in [-0.1, -0.05) is 15.9 Å². The van der Waals surface area contributed by atoms with Crippen molar-refractivity contribution in [2.75, 3.05) is 6.54 Å². The van der Waals surface area contributed by atoms with Gasteiger partial charge in [-0.3, -0.25) is 9.59 Å². The second-order valence-corrected chi connectivity index (χ2v) is 5.54. The van der Waals surface area contributed by atoms with Gasteiger partial charge in [-0.05, 0) is 48.5 Å². The number of carbonyl (C=O) groups excluding carboxylic acids is 2. The first kappa shape index (κ1) is 16.7. The predicted molar refractivity (Wildman–Crippen MR) is 87.9 cm³/mol. The third kappa shape index (κ3) is 5.24. The van der Waals surface area contributed by atoms with Gasteiger partial charge in [0.2, 0.25) is 0 Å². The minimum absolute atomic E-state index is 0.0578. The highest BCUT2D eigenvalue weighted by Gasteiger charge is 2.08. The quantitative estimate of drug-likeness (QED) is 0.646. The fourth-order valence-corrected chi connectivity index (χ4v) is 2.03. The fraction of sp³-hybridized carbons (Fsp3) is 0.118. The number of carbonyl (C=O) groups is 2. The van der Waals surface area contributed by atoms with Crippen LogP contribution in [-0.4, -0.2) is 18.4 Å². The lowest BCUT2D eigenvalue weighted by molar-refractivity contribution is -0.134. The van der Waals surface area contributed by atoms with Gasteiger partial charge < -0.3 is 10.1 Å². The van der Waals surface area contributed by atoms with Crippen LogP contribution >= 0.6 is 15.9 Å². The number of nitrogens with zero attached hydrogens (tertiary/aromatic N) is 1. The second-order valence-electron chi connectivity index (χ2n) is 4.62. The molecule has 0 aliphatic carbocycles. The summed E-state index contributed by atoms with van der Waals surface area (Å²) in [5, 5.41) is 11.3. The molecule has 0 atom stereocenters. The van der Waals surface area contributed by atoms with Crippen molar-refractivity contribution < 1.29 is 14.3 Å². The molecule has 2 aromatic carbocycles. The SMILES string of the molecule is N#Cc1ccc(OC(=O)CCNC(=O)c2ccc(Br)cc2)cc1. The van der Waals surface area contributed by atoms with Gasteiger partial charge in [-0.15, -0.1) is 0 Å². The average Bonchev–Trinajstić information content (AvgIpc) is 2.56. The van der Waals surface area contributed by atoms with Crippen molar-refractivity contribution in [3.63, 3.8) is 0 Å². The zero-order chi connectivity index (χ0) is 16.7. The standard InChI is InChI=1S/C17H13BrN2O3/c18-14-5-3-13(4-6-14)17(22)20-10-9-16(21)23-15-7-1-12(11-19)2-8-15/h1-8H,9-10H2,(H,20,22). The minimum Gasteiger partial charge on any atom is -0.426 e. The van der Waals surface area contributed by atoms with Crippen molar-refractivity contribution in [3.8, 4) is 11.8 Å². The van der Waals surface area contributed by atoms with Crippen LogP contribution in [0.1, 0.15) is 22.3 Å². The van der Waals surface area contributed by atoms with E-state index >= 15 is 0 Å². The summed E-state index contributed by atoms with van der Waals surface area (Å²) in [6.45, 7) is 0.185. The molecule has 0 bridgehead atoms. The molecule has 2 aromatic rings. The number of hydrogen-bond acceptors (Lipinski definition) is 4. The second kappa shape index (κ2) is 8.11. The lowest BCUT2D eigenvalue weighted by Gasteiger charge is -2.06. The molecule has 0 heterocycles. The molecule has 2 rings (SSSR count). The van der Waals surface area contributed by atoms with E-state index in [1.165, 1.54) is 0 Å². The van der Waals surface area contributed by atoms with Gasteiger partial charge in [0.15, 0.2) is 0 Å². The van der Waals surface area contributed by atoms with E-state index in [-0.39, 0.29) is 18.9 Å². The Bertz CT molecular complexity index is 734. The van der Waals surface area contributed by atoms with Gasteiger partial charge in [0.1, 0.15) is 5.75 Å². The smallest absolute Gasteiger partial charge is 0.312 e. The Hall–Kier alpha value is -2.65. The molecule has 0 saturated carbocycles. The number of hydrogen-bond donors (Lipinski definition) is 1. The summed E-state index contributed by atoms with van der Waals surface area (Å²) in [5.41, 5.74) is 1.01. The Morgan fingerprint density at radius 2 is 1.74 bits per heavy atom. The van der Waals surface area contributed by atoms with Gasteiger partial charge in [0.25, 0.3) is 5.91 Å². The van der Waals surface area contributed by atoms with Crippen LogP contribution in [0.2, 0.25) is 0 Å². The topological polar surface area (TPSA) is 79.2 Å². The van der Waals surface area contributed by atoms with Crippen LogP contribution in [0.25, 0.3) is 0 Å². The predicted octanol–water partition coefficient (Wildman–Crippen LogP) is 3.05. The van der Waals surface area contributed by atoms with E-state index in [1.807, 2.05) is 6.07 Å². The van der Waals surface area contributed by atoms with E-state index in [0.29, 0.717) is 16.9 Å². The van der Waals surface area contributed by atoms with Crippen molar-refractivity contribution in [2.45, 2.75) is 6.42 Å². The Morgan fingerprint density at radius 3 is 2.35 bits per heavy atom. The van der Waals surface area contributed by atoms with E-state index in [2.05, 4.69) is 21.2 Å². The summed E-state index contributed by atoms with van der Waals surface area (Å²) in [7, 11) is 0.